The summed E-state index contributed by atoms with van der Waals surface area (Å²) in [6.45, 7) is 6.10. The maximum atomic E-state index is 14.4. The Labute approximate surface area is 255 Å². The number of fused-ring (bicyclic) bond motifs is 2. The number of anilines is 1. The molecule has 1 aromatic heterocycles. The minimum atomic E-state index is -0.783. The lowest BCUT2D eigenvalue weighted by Crippen LogP contribution is -2.50. The summed E-state index contributed by atoms with van der Waals surface area (Å²) in [6, 6.07) is 28.0. The highest BCUT2D eigenvalue weighted by Gasteiger charge is 2.47. The van der Waals surface area contributed by atoms with Crippen molar-refractivity contribution in [3.63, 3.8) is 0 Å². The number of carbonyl (C=O) groups excluding carboxylic acids is 2. The number of amides is 2. The van der Waals surface area contributed by atoms with Gasteiger partial charge in [0.25, 0.3) is 5.91 Å². The van der Waals surface area contributed by atoms with E-state index in [0.717, 1.165) is 38.9 Å². The second-order valence-electron chi connectivity index (χ2n) is 10.9. The molecule has 0 aliphatic carbocycles. The van der Waals surface area contributed by atoms with Gasteiger partial charge in [0.1, 0.15) is 6.04 Å². The van der Waals surface area contributed by atoms with Crippen LogP contribution in [0.25, 0.3) is 22.2 Å². The van der Waals surface area contributed by atoms with Crippen molar-refractivity contribution < 1.29 is 9.59 Å². The first-order valence-corrected chi connectivity index (χ1v) is 14.9. The number of aryl methyl sites for hydroxylation is 1. The van der Waals surface area contributed by atoms with E-state index >= 15 is 0 Å². The van der Waals surface area contributed by atoms with Crippen LogP contribution < -0.4 is 5.32 Å². The lowest BCUT2D eigenvalue weighted by atomic mass is 9.90. The number of carbonyl (C=O) groups is 2. The Kier molecular flexibility index (Phi) is 7.56. The number of aromatic amines is 1. The molecule has 2 amide bonds. The maximum Gasteiger partial charge on any atom is 0.255 e. The minimum absolute atomic E-state index is 0.156. The Bertz CT molecular complexity index is 1810. The highest BCUT2D eigenvalue weighted by atomic mass is 35.5. The van der Waals surface area contributed by atoms with Crippen LogP contribution in [-0.4, -0.2) is 27.7 Å². The van der Waals surface area contributed by atoms with Crippen molar-refractivity contribution in [3.8, 4) is 11.3 Å². The summed E-state index contributed by atoms with van der Waals surface area (Å²) in [5.74, 6) is -0.637. The first-order chi connectivity index (χ1) is 20.3. The molecule has 42 heavy (non-hydrogen) atoms. The van der Waals surface area contributed by atoms with Crippen LogP contribution in [0.5, 0.6) is 0 Å². The van der Waals surface area contributed by atoms with Crippen LogP contribution in [0.4, 0.5) is 5.69 Å². The number of para-hydroxylation sites is 1. The quantitative estimate of drug-likeness (QED) is 0.197. The average Bonchev–Trinajstić information content (AvgIpc) is 3.51. The van der Waals surface area contributed by atoms with Gasteiger partial charge in [0.2, 0.25) is 5.91 Å². The van der Waals surface area contributed by atoms with E-state index in [-0.39, 0.29) is 22.8 Å². The topological polar surface area (TPSA) is 65.2 Å². The smallest absolute Gasteiger partial charge is 0.255 e. The maximum absolute atomic E-state index is 14.4. The molecular weight excluding hydrogens is 565 g/mol. The van der Waals surface area contributed by atoms with Crippen LogP contribution in [-0.2, 0) is 4.79 Å². The highest BCUT2D eigenvalue weighted by Crippen LogP contribution is 2.47. The van der Waals surface area contributed by atoms with E-state index in [9.17, 15) is 9.59 Å². The van der Waals surface area contributed by atoms with Gasteiger partial charge < -0.3 is 15.2 Å². The zero-order valence-corrected chi connectivity index (χ0v) is 25.1. The van der Waals surface area contributed by atoms with Crippen LogP contribution in [0.15, 0.2) is 91.0 Å². The SMILES string of the molecule is CCC(C)C(C(=O)Nc1cccc(Cl)c1Cl)N1C(=O)c2ccccc2C1c1c(-c2ccc(C)cc2)[nH]c2ccccc12. The van der Waals surface area contributed by atoms with Crippen LogP contribution >= 0.6 is 23.2 Å². The number of benzene rings is 4. The summed E-state index contributed by atoms with van der Waals surface area (Å²) < 4.78 is 0. The fourth-order valence-electron chi connectivity index (χ4n) is 6.00. The fraction of sp³-hybridized carbons (Fsp3) is 0.200. The molecule has 0 saturated carbocycles. The monoisotopic (exact) mass is 595 g/mol. The molecule has 0 spiro atoms. The second-order valence-corrected chi connectivity index (χ2v) is 11.7. The number of hydrogen-bond donors (Lipinski definition) is 2. The number of nitrogens with one attached hydrogen (secondary N) is 2. The summed E-state index contributed by atoms with van der Waals surface area (Å²) in [5, 5.41) is 4.61. The third kappa shape index (κ3) is 4.77. The highest BCUT2D eigenvalue weighted by molar-refractivity contribution is 6.44. The van der Waals surface area contributed by atoms with E-state index in [1.54, 1.807) is 23.1 Å². The Morgan fingerprint density at radius 2 is 1.67 bits per heavy atom. The summed E-state index contributed by atoms with van der Waals surface area (Å²) in [7, 11) is 0. The molecule has 0 saturated heterocycles. The predicted octanol–water partition coefficient (Wildman–Crippen LogP) is 9.05. The molecule has 2 N–H and O–H groups in total. The normalized spacial score (nSPS) is 16.0. The van der Waals surface area contributed by atoms with Gasteiger partial charge >= 0.3 is 0 Å². The summed E-state index contributed by atoms with van der Waals surface area (Å²) in [6.07, 6.45) is 0.687. The van der Waals surface area contributed by atoms with Gasteiger partial charge in [-0.1, -0.05) is 116 Å². The Morgan fingerprint density at radius 1 is 0.952 bits per heavy atom. The molecular formula is C35H31Cl2N3O2. The van der Waals surface area contributed by atoms with E-state index < -0.39 is 12.1 Å². The standard InChI is InChI=1S/C35H31Cl2N3O2/c1-4-21(3)32(34(41)39-28-15-9-13-26(36)30(28)37)40-33(23-10-5-6-11-24(23)35(40)42)29-25-12-7-8-14-27(25)38-31(29)22-18-16-20(2)17-19-22/h5-19,21,32-33,38H,4H2,1-3H3,(H,39,41). The third-order valence-corrected chi connectivity index (χ3v) is 9.14. The van der Waals surface area contributed by atoms with Crippen LogP contribution in [0.1, 0.15) is 53.4 Å². The summed E-state index contributed by atoms with van der Waals surface area (Å²) in [5.41, 5.74) is 6.93. The van der Waals surface area contributed by atoms with Gasteiger partial charge in [-0.3, -0.25) is 9.59 Å². The molecule has 2 heterocycles. The second kappa shape index (κ2) is 11.3. The van der Waals surface area contributed by atoms with Gasteiger partial charge in [-0.15, -0.1) is 0 Å². The first kappa shape index (κ1) is 28.1. The van der Waals surface area contributed by atoms with E-state index in [1.165, 1.54) is 0 Å². The van der Waals surface area contributed by atoms with Crippen molar-refractivity contribution in [1.29, 1.82) is 0 Å². The number of H-pyrrole nitrogens is 1. The number of nitrogens with zero attached hydrogens (tertiary/aromatic N) is 1. The Morgan fingerprint density at radius 3 is 2.43 bits per heavy atom. The zero-order chi connectivity index (χ0) is 29.5. The van der Waals surface area contributed by atoms with Gasteiger partial charge in [-0.25, -0.2) is 0 Å². The van der Waals surface area contributed by atoms with Crippen molar-refractivity contribution in [1.82, 2.24) is 9.88 Å². The zero-order valence-electron chi connectivity index (χ0n) is 23.6. The molecule has 3 unspecified atom stereocenters. The average molecular weight is 597 g/mol. The number of hydrogen-bond acceptors (Lipinski definition) is 2. The molecule has 5 aromatic rings. The number of rotatable bonds is 7. The molecule has 7 heteroatoms. The Balaban J connectivity index is 1.56. The molecule has 212 valence electrons. The van der Waals surface area contributed by atoms with E-state index in [4.69, 9.17) is 23.2 Å². The van der Waals surface area contributed by atoms with Gasteiger partial charge in [-0.2, -0.15) is 0 Å². The molecule has 1 aliphatic heterocycles. The number of aromatic nitrogens is 1. The summed E-state index contributed by atoms with van der Waals surface area (Å²) >= 11 is 12.7. The van der Waals surface area contributed by atoms with Crippen molar-refractivity contribution in [2.24, 2.45) is 5.92 Å². The molecule has 0 radical (unpaired) electrons. The van der Waals surface area contributed by atoms with E-state index in [0.29, 0.717) is 22.7 Å². The largest absolute Gasteiger partial charge is 0.354 e. The van der Waals surface area contributed by atoms with Gasteiger partial charge in [0, 0.05) is 22.0 Å². The minimum Gasteiger partial charge on any atom is -0.354 e. The van der Waals surface area contributed by atoms with Crippen LogP contribution in [0.3, 0.4) is 0 Å². The van der Waals surface area contributed by atoms with Crippen molar-refractivity contribution in [3.05, 3.63) is 123 Å². The fourth-order valence-corrected chi connectivity index (χ4v) is 6.35. The molecule has 0 fully saturated rings. The molecule has 5 nitrogen and oxygen atoms in total. The van der Waals surface area contributed by atoms with Crippen molar-refractivity contribution in [2.75, 3.05) is 5.32 Å². The van der Waals surface area contributed by atoms with Gasteiger partial charge in [0.15, 0.2) is 0 Å². The summed E-state index contributed by atoms with van der Waals surface area (Å²) in [4.78, 5) is 34.0. The van der Waals surface area contributed by atoms with Gasteiger partial charge in [-0.05, 0) is 48.2 Å². The molecule has 0 bridgehead atoms. The Hall–Kier alpha value is -4.06. The van der Waals surface area contributed by atoms with Crippen LogP contribution in [0.2, 0.25) is 10.0 Å². The first-order valence-electron chi connectivity index (χ1n) is 14.1. The third-order valence-electron chi connectivity index (χ3n) is 8.32. The van der Waals surface area contributed by atoms with Gasteiger partial charge in [0.05, 0.1) is 27.5 Å². The van der Waals surface area contributed by atoms with E-state index in [2.05, 4.69) is 47.6 Å². The van der Waals surface area contributed by atoms with Crippen LogP contribution in [0, 0.1) is 12.8 Å². The predicted molar refractivity (Wildman–Crippen MR) is 171 cm³/mol. The molecule has 4 aromatic carbocycles. The van der Waals surface area contributed by atoms with Crippen molar-refractivity contribution in [2.45, 2.75) is 39.3 Å². The number of halogens is 2. The van der Waals surface area contributed by atoms with E-state index in [1.807, 2.05) is 56.3 Å². The lowest BCUT2D eigenvalue weighted by Gasteiger charge is -2.36. The molecule has 3 atom stereocenters. The molecule has 6 rings (SSSR count). The lowest BCUT2D eigenvalue weighted by molar-refractivity contribution is -0.122. The van der Waals surface area contributed by atoms with Crippen molar-refractivity contribution >= 4 is 51.6 Å². The molecule has 1 aliphatic rings.